The second-order valence-corrected chi connectivity index (χ2v) is 21.3. The van der Waals surface area contributed by atoms with Crippen molar-refractivity contribution in [3.05, 3.63) is 73.4 Å². The zero-order chi connectivity index (χ0) is 51.1. The maximum absolute atomic E-state index is 12.7. The maximum atomic E-state index is 12.7. The molecular weight excluding hydrogens is 987 g/mol. The van der Waals surface area contributed by atoms with Gasteiger partial charge in [-0.1, -0.05) is 100 Å². The number of hydrogen-bond donors (Lipinski definition) is 9. The zero-order valence-electron chi connectivity index (χ0n) is 38.5. The number of nitrogens with zero attached hydrogens (tertiary/aromatic N) is 4. The van der Waals surface area contributed by atoms with Gasteiger partial charge in [0.25, 0.3) is 0 Å². The van der Waals surface area contributed by atoms with Crippen LogP contribution in [0.3, 0.4) is 0 Å². The third kappa shape index (κ3) is 22.5. The molecule has 69 heavy (non-hydrogen) atoms. The van der Waals surface area contributed by atoms with E-state index in [1.165, 1.54) is 39.2 Å². The molecule has 1 saturated heterocycles. The first kappa shape index (κ1) is 59.6. The number of anilines is 1. The summed E-state index contributed by atoms with van der Waals surface area (Å²) in [4.78, 5) is 88.2. The number of phosphoric ester groups is 3. The van der Waals surface area contributed by atoms with Gasteiger partial charge in [-0.05, 0) is 44.6 Å². The Morgan fingerprint density at radius 2 is 1.58 bits per heavy atom. The summed E-state index contributed by atoms with van der Waals surface area (Å²) in [5.74, 6) is -1.17. The van der Waals surface area contributed by atoms with E-state index in [2.05, 4.69) is 77.8 Å². The number of ether oxygens (including phenoxy) is 1. The summed E-state index contributed by atoms with van der Waals surface area (Å²) in [5.41, 5.74) is 4.26. The van der Waals surface area contributed by atoms with Crippen LogP contribution in [0, 0.1) is 5.41 Å². The number of carbonyl (C=O) groups excluding carboxylic acids is 3. The molecule has 28 heteroatoms. The van der Waals surface area contributed by atoms with Gasteiger partial charge in [-0.2, -0.15) is 4.31 Å². The summed E-state index contributed by atoms with van der Waals surface area (Å²) in [7, 11) is -16.4. The minimum Gasteiger partial charge on any atom is -0.386 e. The molecule has 7 atom stereocenters. The monoisotopic (exact) mass is 1050 g/mol. The predicted molar refractivity (Wildman–Crippen MR) is 255 cm³/mol. The molecule has 0 aliphatic carbocycles. The lowest BCUT2D eigenvalue weighted by molar-refractivity contribution is -0.137. The van der Waals surface area contributed by atoms with Gasteiger partial charge in [0.1, 0.15) is 36.3 Å². The number of nitrogens with two attached hydrogens (primary N) is 1. The highest BCUT2D eigenvalue weighted by atomic mass is 32.2. The van der Waals surface area contributed by atoms with E-state index in [1.54, 1.807) is 12.2 Å². The number of aromatic nitrogens is 4. The average Bonchev–Trinajstić information content (AvgIpc) is 3.84. The molecule has 0 bridgehead atoms. The molecule has 1 aliphatic rings. The van der Waals surface area contributed by atoms with Crippen LogP contribution < -0.4 is 16.4 Å². The topological polar surface area (TPSA) is 364 Å². The molecule has 2 amide bonds. The first-order valence-electron chi connectivity index (χ1n) is 21.9. The standard InChI is InChI=1S/C41H64N7O17P3S/c1-4-5-6-7-8-9-10-11-12-13-14-15-16-17-18-19-20-21-32(50)69-25-24-43-31(49)22-23-44-39(53)36(52)41(2,3)27-62-68(59,60)65-67(57,58)61-26-30-35(64-66(54,55)56)34(51)40(63-30)48-29-47-33-37(42)45-28-46-38(33)48/h8-9,11-12,14-15,18-21,28-30,34-36,40,51-52H,4-7,10,13,16-17,22-27H2,1-3H3,(H,43,49)(H,44,53)(H,57,58)(H,59,60)(H2,42,45,46)(H2,54,55,56). The molecule has 2 aromatic rings. The van der Waals surface area contributed by atoms with Crippen LogP contribution in [0.25, 0.3) is 11.2 Å². The number of imidazole rings is 1. The van der Waals surface area contributed by atoms with Crippen molar-refractivity contribution in [1.29, 1.82) is 0 Å². The Morgan fingerprint density at radius 1 is 0.913 bits per heavy atom. The van der Waals surface area contributed by atoms with Crippen LogP contribution in [-0.4, -0.2) is 123 Å². The Balaban J connectivity index is 1.32. The zero-order valence-corrected chi connectivity index (χ0v) is 42.0. The van der Waals surface area contributed by atoms with Crippen LogP contribution in [-0.2, 0) is 50.7 Å². The fraction of sp³-hybridized carbons (Fsp3) is 0.561. The number of nitrogen functional groups attached to an aromatic ring is 1. The highest BCUT2D eigenvalue weighted by molar-refractivity contribution is 8.14. The van der Waals surface area contributed by atoms with Gasteiger partial charge in [-0.15, -0.1) is 0 Å². The largest absolute Gasteiger partial charge is 0.481 e. The van der Waals surface area contributed by atoms with E-state index < -0.39 is 84.6 Å². The van der Waals surface area contributed by atoms with Gasteiger partial charge in [-0.3, -0.25) is 32.5 Å². The van der Waals surface area contributed by atoms with Crippen molar-refractivity contribution < 1.29 is 80.5 Å². The van der Waals surface area contributed by atoms with E-state index in [9.17, 15) is 57.9 Å². The smallest absolute Gasteiger partial charge is 0.386 e. The third-order valence-corrected chi connectivity index (χ3v) is 13.7. The Kier molecular flexibility index (Phi) is 25.5. The van der Waals surface area contributed by atoms with Gasteiger partial charge >= 0.3 is 23.5 Å². The van der Waals surface area contributed by atoms with E-state index in [1.807, 2.05) is 6.08 Å². The van der Waals surface area contributed by atoms with Crippen molar-refractivity contribution in [3.63, 3.8) is 0 Å². The van der Waals surface area contributed by atoms with Crippen molar-refractivity contribution in [2.45, 2.75) is 109 Å². The number of hydrogen-bond acceptors (Lipinski definition) is 18. The second kappa shape index (κ2) is 29.6. The quantitative estimate of drug-likeness (QED) is 0.0159. The summed E-state index contributed by atoms with van der Waals surface area (Å²) in [6, 6.07) is 0. The number of unbranched alkanes of at least 4 members (excludes halogenated alkanes) is 4. The summed E-state index contributed by atoms with van der Waals surface area (Å²) < 4.78 is 62.4. The number of carbonyl (C=O) groups is 3. The van der Waals surface area contributed by atoms with E-state index in [0.29, 0.717) is 5.75 Å². The molecule has 2 aromatic heterocycles. The van der Waals surface area contributed by atoms with Crippen LogP contribution in [0.5, 0.6) is 0 Å². The molecule has 1 aliphatic heterocycles. The first-order chi connectivity index (χ1) is 32.6. The van der Waals surface area contributed by atoms with Crippen molar-refractivity contribution in [1.82, 2.24) is 30.2 Å². The molecule has 10 N–H and O–H groups in total. The van der Waals surface area contributed by atoms with Crippen LogP contribution in [0.1, 0.15) is 84.8 Å². The van der Waals surface area contributed by atoms with E-state index >= 15 is 0 Å². The molecule has 386 valence electrons. The van der Waals surface area contributed by atoms with Gasteiger partial charge in [-0.25, -0.2) is 28.6 Å². The van der Waals surface area contributed by atoms with Crippen molar-refractivity contribution >= 4 is 69.1 Å². The van der Waals surface area contributed by atoms with Crippen molar-refractivity contribution in [2.75, 3.05) is 37.8 Å². The highest BCUT2D eigenvalue weighted by Gasteiger charge is 2.50. The van der Waals surface area contributed by atoms with Crippen LogP contribution >= 0.6 is 35.2 Å². The number of thioether (sulfide) groups is 1. The molecule has 24 nitrogen and oxygen atoms in total. The lowest BCUT2D eigenvalue weighted by Crippen LogP contribution is -2.46. The minimum atomic E-state index is -5.58. The Morgan fingerprint density at radius 3 is 2.28 bits per heavy atom. The fourth-order valence-electron chi connectivity index (χ4n) is 6.12. The molecule has 0 spiro atoms. The molecule has 0 aromatic carbocycles. The van der Waals surface area contributed by atoms with Gasteiger partial charge in [0.15, 0.2) is 17.7 Å². The summed E-state index contributed by atoms with van der Waals surface area (Å²) in [6.07, 6.45) is 21.4. The van der Waals surface area contributed by atoms with E-state index in [4.69, 9.17) is 19.5 Å². The average molecular weight is 1050 g/mol. The van der Waals surface area contributed by atoms with Gasteiger partial charge in [0, 0.05) is 30.7 Å². The molecular formula is C41H64N7O17P3S. The molecule has 3 rings (SSSR count). The molecule has 1 fully saturated rings. The van der Waals surface area contributed by atoms with Crippen LogP contribution in [0.4, 0.5) is 5.82 Å². The number of allylic oxidation sites excluding steroid dienone is 9. The second-order valence-electron chi connectivity index (χ2n) is 16.0. The third-order valence-electron chi connectivity index (χ3n) is 9.74. The maximum Gasteiger partial charge on any atom is 0.481 e. The summed E-state index contributed by atoms with van der Waals surface area (Å²) in [6.45, 7) is 2.64. The Bertz CT molecular complexity index is 2270. The summed E-state index contributed by atoms with van der Waals surface area (Å²) in [5, 5.41) is 26.3. The number of aliphatic hydroxyl groups is 2. The number of phosphoric acid groups is 3. The van der Waals surface area contributed by atoms with Gasteiger partial charge in [0.2, 0.25) is 16.9 Å². The number of amides is 2. The minimum absolute atomic E-state index is 0.0288. The molecule has 3 heterocycles. The Labute approximate surface area is 404 Å². The Hall–Kier alpha value is -3.74. The number of aliphatic hydroxyl groups excluding tert-OH is 2. The number of fused-ring (bicyclic) bond motifs is 1. The lowest BCUT2D eigenvalue weighted by Gasteiger charge is -2.30. The molecule has 0 radical (unpaired) electrons. The molecule has 0 saturated carbocycles. The fourth-order valence-corrected chi connectivity index (χ4v) is 9.53. The SMILES string of the molecule is CCCCCC=CCC=CCC=CCCC=CC=CC(=O)SCCNC(=O)CCNC(=O)C(O)C(C)(C)COP(=O)(O)OP(=O)(O)OCC1OC(n2cnc3c(N)ncnc32)C(O)C1OP(=O)(O)O. The van der Waals surface area contributed by atoms with E-state index in [-0.39, 0.29) is 41.6 Å². The van der Waals surface area contributed by atoms with Gasteiger partial charge < -0.3 is 50.9 Å². The lowest BCUT2D eigenvalue weighted by atomic mass is 9.87. The van der Waals surface area contributed by atoms with Crippen molar-refractivity contribution in [3.8, 4) is 0 Å². The predicted octanol–water partition coefficient (Wildman–Crippen LogP) is 4.59. The van der Waals surface area contributed by atoms with Gasteiger partial charge in [0.05, 0.1) is 19.5 Å². The number of nitrogens with one attached hydrogen (secondary N) is 2. The molecule has 7 unspecified atom stereocenters. The normalized spacial score (nSPS) is 20.4. The van der Waals surface area contributed by atoms with E-state index in [0.717, 1.165) is 61.1 Å². The van der Waals surface area contributed by atoms with Crippen LogP contribution in [0.15, 0.2) is 73.4 Å². The first-order valence-corrected chi connectivity index (χ1v) is 27.4. The summed E-state index contributed by atoms with van der Waals surface area (Å²) >= 11 is 1.02. The number of rotatable bonds is 32. The van der Waals surface area contributed by atoms with Crippen molar-refractivity contribution in [2.24, 2.45) is 5.41 Å². The van der Waals surface area contributed by atoms with Crippen LogP contribution in [0.2, 0.25) is 0 Å². The highest BCUT2D eigenvalue weighted by Crippen LogP contribution is 2.61.